The van der Waals surface area contributed by atoms with E-state index in [9.17, 15) is 8.78 Å². The van der Waals surface area contributed by atoms with E-state index in [-0.39, 0.29) is 12.0 Å². The van der Waals surface area contributed by atoms with Crippen molar-refractivity contribution in [3.63, 3.8) is 0 Å². The van der Waals surface area contributed by atoms with Crippen LogP contribution in [0, 0.1) is 11.6 Å². The molecule has 0 amide bonds. The number of nitrogens with two attached hydrogens (primary N) is 1. The number of hydrogen-bond acceptors (Lipinski definition) is 7. The van der Waals surface area contributed by atoms with E-state index in [2.05, 4.69) is 25.3 Å². The summed E-state index contributed by atoms with van der Waals surface area (Å²) < 4.78 is 34.4. The number of rotatable bonds is 6. The first-order valence-electron chi connectivity index (χ1n) is 10.1. The molecule has 160 valence electrons. The Hall–Kier alpha value is -3.53. The summed E-state index contributed by atoms with van der Waals surface area (Å²) in [4.78, 5) is 11.0. The summed E-state index contributed by atoms with van der Waals surface area (Å²) in [6.45, 7) is 1.79. The Labute approximate surface area is 176 Å². The number of benzene rings is 1. The molecule has 1 atom stereocenters. The summed E-state index contributed by atoms with van der Waals surface area (Å²) >= 11 is 0. The molecule has 1 aromatic carbocycles. The summed E-state index contributed by atoms with van der Waals surface area (Å²) in [5.74, 6) is 0.155. The van der Waals surface area contributed by atoms with Crippen LogP contribution in [0.3, 0.4) is 0 Å². The lowest BCUT2D eigenvalue weighted by Gasteiger charge is -2.25. The number of nitrogens with zero attached hydrogens (tertiary/aromatic N) is 5. The number of aromatic nitrogens is 4. The zero-order chi connectivity index (χ0) is 21.4. The quantitative estimate of drug-likeness (QED) is 0.489. The highest BCUT2D eigenvalue weighted by Gasteiger charge is 2.26. The predicted molar refractivity (Wildman–Crippen MR) is 111 cm³/mol. The standard InChI is InChI=1S/C21H21F2N7O/c22-15-6-1-4-13(19(15)23)12-29-8-2-5-14(29)11-25-17-10-18-27-20(16-7-3-9-31-16)28-30(18)21(24)26-17/h1,3-4,6-7,9-10,14,25H,2,5,8,11-12H2,(H2,24,26). The number of halogens is 2. The zero-order valence-electron chi connectivity index (χ0n) is 16.6. The van der Waals surface area contributed by atoms with Crippen LogP contribution in [0.15, 0.2) is 47.1 Å². The molecule has 8 nitrogen and oxygen atoms in total. The fraction of sp³-hybridized carbons (Fsp3) is 0.286. The molecule has 3 aromatic heterocycles. The highest BCUT2D eigenvalue weighted by molar-refractivity contribution is 5.58. The third-order valence-corrected chi connectivity index (χ3v) is 5.51. The number of furan rings is 1. The minimum absolute atomic E-state index is 0.165. The van der Waals surface area contributed by atoms with Crippen LogP contribution in [0.1, 0.15) is 18.4 Å². The van der Waals surface area contributed by atoms with Crippen LogP contribution in [0.5, 0.6) is 0 Å². The first-order chi connectivity index (χ1) is 15.1. The van der Waals surface area contributed by atoms with Crippen LogP contribution in [-0.2, 0) is 6.54 Å². The van der Waals surface area contributed by atoms with Crippen molar-refractivity contribution in [2.75, 3.05) is 24.1 Å². The van der Waals surface area contributed by atoms with Crippen molar-refractivity contribution in [3.05, 3.63) is 59.9 Å². The van der Waals surface area contributed by atoms with Gasteiger partial charge in [-0.15, -0.1) is 5.10 Å². The fourth-order valence-electron chi connectivity index (χ4n) is 3.96. The van der Waals surface area contributed by atoms with E-state index in [1.165, 1.54) is 10.6 Å². The van der Waals surface area contributed by atoms with E-state index in [1.807, 2.05) is 0 Å². The van der Waals surface area contributed by atoms with Crippen molar-refractivity contribution in [2.24, 2.45) is 0 Å². The van der Waals surface area contributed by atoms with Gasteiger partial charge < -0.3 is 15.5 Å². The Balaban J connectivity index is 1.30. The molecule has 5 rings (SSSR count). The Morgan fingerprint density at radius 3 is 2.94 bits per heavy atom. The second-order valence-corrected chi connectivity index (χ2v) is 7.54. The van der Waals surface area contributed by atoms with Crippen LogP contribution in [0.4, 0.5) is 20.5 Å². The van der Waals surface area contributed by atoms with Gasteiger partial charge in [-0.25, -0.2) is 13.8 Å². The van der Waals surface area contributed by atoms with Crippen molar-refractivity contribution < 1.29 is 13.2 Å². The molecule has 1 aliphatic heterocycles. The van der Waals surface area contributed by atoms with Crippen LogP contribution < -0.4 is 11.1 Å². The molecule has 10 heteroatoms. The third kappa shape index (κ3) is 3.81. The SMILES string of the molecule is Nc1nc(NCC2CCCN2Cc2cccc(F)c2F)cc2nc(-c3ccco3)nn12. The van der Waals surface area contributed by atoms with Gasteiger partial charge >= 0.3 is 0 Å². The maximum Gasteiger partial charge on any atom is 0.225 e. The van der Waals surface area contributed by atoms with Crippen molar-refractivity contribution in [1.29, 1.82) is 0 Å². The van der Waals surface area contributed by atoms with Crippen LogP contribution in [0.25, 0.3) is 17.2 Å². The molecule has 1 saturated heterocycles. The molecule has 1 fully saturated rings. The van der Waals surface area contributed by atoms with Gasteiger partial charge in [-0.05, 0) is 37.6 Å². The molecule has 4 aromatic rings. The van der Waals surface area contributed by atoms with Crippen LogP contribution in [-0.4, -0.2) is 43.6 Å². The average Bonchev–Trinajstić information content (AvgIpc) is 3.50. The molecule has 1 aliphatic rings. The van der Waals surface area contributed by atoms with Gasteiger partial charge in [-0.2, -0.15) is 9.50 Å². The average molecular weight is 425 g/mol. The second kappa shape index (κ2) is 7.95. The molecule has 31 heavy (non-hydrogen) atoms. The van der Waals surface area contributed by atoms with E-state index in [0.29, 0.717) is 41.7 Å². The minimum Gasteiger partial charge on any atom is -0.461 e. The number of fused-ring (bicyclic) bond motifs is 1. The highest BCUT2D eigenvalue weighted by atomic mass is 19.2. The molecule has 4 heterocycles. The lowest BCUT2D eigenvalue weighted by atomic mass is 10.1. The molecular formula is C21H21F2N7O. The maximum atomic E-state index is 14.1. The largest absolute Gasteiger partial charge is 0.461 e. The van der Waals surface area contributed by atoms with E-state index in [1.54, 1.807) is 30.5 Å². The van der Waals surface area contributed by atoms with Gasteiger partial charge in [0.15, 0.2) is 23.0 Å². The molecule has 0 aliphatic carbocycles. The summed E-state index contributed by atoms with van der Waals surface area (Å²) in [6.07, 6.45) is 3.50. The number of anilines is 2. The van der Waals surface area contributed by atoms with E-state index in [4.69, 9.17) is 10.2 Å². The summed E-state index contributed by atoms with van der Waals surface area (Å²) in [5, 5.41) is 7.63. The highest BCUT2D eigenvalue weighted by Crippen LogP contribution is 2.23. The van der Waals surface area contributed by atoms with Gasteiger partial charge in [0, 0.05) is 30.8 Å². The minimum atomic E-state index is -0.818. The Morgan fingerprint density at radius 2 is 2.10 bits per heavy atom. The number of nitrogen functional groups attached to an aromatic ring is 1. The zero-order valence-corrected chi connectivity index (χ0v) is 16.6. The number of hydrogen-bond donors (Lipinski definition) is 2. The van der Waals surface area contributed by atoms with Crippen molar-refractivity contribution >= 4 is 17.4 Å². The lowest BCUT2D eigenvalue weighted by molar-refractivity contribution is 0.249. The number of nitrogens with one attached hydrogen (secondary N) is 1. The van der Waals surface area contributed by atoms with Gasteiger partial charge in [0.1, 0.15) is 5.82 Å². The Kier molecular flexibility index (Phi) is 4.99. The topological polar surface area (TPSA) is 97.5 Å². The van der Waals surface area contributed by atoms with Gasteiger partial charge in [-0.3, -0.25) is 4.90 Å². The number of likely N-dealkylation sites (tertiary alicyclic amines) is 1. The van der Waals surface area contributed by atoms with Gasteiger partial charge in [0.25, 0.3) is 0 Å². The maximum absolute atomic E-state index is 14.1. The second-order valence-electron chi connectivity index (χ2n) is 7.54. The lowest BCUT2D eigenvalue weighted by Crippen LogP contribution is -2.35. The smallest absolute Gasteiger partial charge is 0.225 e. The molecule has 0 bridgehead atoms. The van der Waals surface area contributed by atoms with E-state index < -0.39 is 11.6 Å². The van der Waals surface area contributed by atoms with Gasteiger partial charge in [0.2, 0.25) is 11.8 Å². The van der Waals surface area contributed by atoms with Crippen molar-refractivity contribution in [2.45, 2.75) is 25.4 Å². The first-order valence-corrected chi connectivity index (χ1v) is 10.1. The molecule has 0 saturated carbocycles. The van der Waals surface area contributed by atoms with Crippen LogP contribution >= 0.6 is 0 Å². The normalized spacial score (nSPS) is 16.9. The first kappa shape index (κ1) is 19.4. The van der Waals surface area contributed by atoms with Gasteiger partial charge in [-0.1, -0.05) is 12.1 Å². The predicted octanol–water partition coefficient (Wildman–Crippen LogP) is 3.32. The molecular weight excluding hydrogens is 404 g/mol. The fourth-order valence-corrected chi connectivity index (χ4v) is 3.96. The third-order valence-electron chi connectivity index (χ3n) is 5.51. The van der Waals surface area contributed by atoms with Gasteiger partial charge in [0.05, 0.1) is 6.26 Å². The van der Waals surface area contributed by atoms with Crippen molar-refractivity contribution in [1.82, 2.24) is 24.5 Å². The monoisotopic (exact) mass is 425 g/mol. The Morgan fingerprint density at radius 1 is 1.19 bits per heavy atom. The van der Waals surface area contributed by atoms with E-state index in [0.717, 1.165) is 25.5 Å². The van der Waals surface area contributed by atoms with Crippen LogP contribution in [0.2, 0.25) is 0 Å². The molecule has 0 spiro atoms. The molecule has 0 radical (unpaired) electrons. The van der Waals surface area contributed by atoms with Crippen molar-refractivity contribution in [3.8, 4) is 11.6 Å². The Bertz CT molecular complexity index is 1210. The summed E-state index contributed by atoms with van der Waals surface area (Å²) in [6, 6.07) is 9.76. The molecule has 1 unspecified atom stereocenters. The molecule has 3 N–H and O–H groups in total. The summed E-state index contributed by atoms with van der Waals surface area (Å²) in [7, 11) is 0. The summed E-state index contributed by atoms with van der Waals surface area (Å²) in [5.41, 5.74) is 6.97. The van der Waals surface area contributed by atoms with E-state index >= 15 is 0 Å².